The summed E-state index contributed by atoms with van der Waals surface area (Å²) in [5.74, 6) is 1.55. The molecule has 0 amide bonds. The molecule has 0 aliphatic rings. The average molecular weight is 308 g/mol. The highest BCUT2D eigenvalue weighted by Crippen LogP contribution is 2.14. The minimum absolute atomic E-state index is 0.616. The van der Waals surface area contributed by atoms with Crippen molar-refractivity contribution in [3.8, 4) is 0 Å². The second-order valence-corrected chi connectivity index (χ2v) is 5.70. The molecule has 0 atom stereocenters. The molecule has 0 bridgehead atoms. The van der Waals surface area contributed by atoms with Gasteiger partial charge in [-0.15, -0.1) is 0 Å². The van der Waals surface area contributed by atoms with E-state index in [1.807, 2.05) is 24.5 Å². The van der Waals surface area contributed by atoms with Crippen molar-refractivity contribution in [1.29, 1.82) is 0 Å². The fraction of sp³-hybridized carbons (Fsp3) is 0.357. The number of nitrogens with one attached hydrogen (secondary N) is 1. The molecule has 2 rings (SSSR count). The van der Waals surface area contributed by atoms with Gasteiger partial charge in [0.1, 0.15) is 0 Å². The Hall–Kier alpha value is -1.29. The number of hydrogen-bond donors (Lipinski definition) is 1. The Bertz CT molecular complexity index is 505. The lowest BCUT2D eigenvalue weighted by Crippen LogP contribution is -2.10. The Morgan fingerprint density at radius 3 is 2.94 bits per heavy atom. The van der Waals surface area contributed by atoms with E-state index in [1.165, 1.54) is 5.56 Å². The molecule has 0 aliphatic carbocycles. The van der Waals surface area contributed by atoms with E-state index in [0.29, 0.717) is 5.92 Å². The van der Waals surface area contributed by atoms with Gasteiger partial charge in [-0.2, -0.15) is 0 Å². The zero-order valence-electron chi connectivity index (χ0n) is 10.7. The standard InChI is InChI=1S/C14H18BrN3/c1-11(2)10-18-7-6-16-14(18)17-9-12-4-3-5-13(15)8-12/h3-8,11H,9-10H2,1-2H3,(H,16,17). The second kappa shape index (κ2) is 6.05. The molecule has 3 nitrogen and oxygen atoms in total. The van der Waals surface area contributed by atoms with Gasteiger partial charge in [-0.05, 0) is 23.6 Å². The van der Waals surface area contributed by atoms with E-state index in [-0.39, 0.29) is 0 Å². The van der Waals surface area contributed by atoms with Gasteiger partial charge in [0.05, 0.1) is 0 Å². The molecule has 0 fully saturated rings. The van der Waals surface area contributed by atoms with Gasteiger partial charge < -0.3 is 9.88 Å². The number of rotatable bonds is 5. The summed E-state index contributed by atoms with van der Waals surface area (Å²) in [6.07, 6.45) is 3.86. The molecule has 0 aliphatic heterocycles. The average Bonchev–Trinajstić information content (AvgIpc) is 2.73. The van der Waals surface area contributed by atoms with Crippen molar-refractivity contribution in [2.45, 2.75) is 26.9 Å². The third-order valence-electron chi connectivity index (χ3n) is 2.62. The van der Waals surface area contributed by atoms with Gasteiger partial charge in [-0.1, -0.05) is 41.9 Å². The van der Waals surface area contributed by atoms with Crippen molar-refractivity contribution >= 4 is 21.9 Å². The SMILES string of the molecule is CC(C)Cn1ccnc1NCc1cccc(Br)c1. The molecule has 1 aromatic heterocycles. The lowest BCUT2D eigenvalue weighted by atomic mass is 10.2. The first-order valence-corrected chi connectivity index (χ1v) is 6.94. The van der Waals surface area contributed by atoms with Crippen molar-refractivity contribution in [1.82, 2.24) is 9.55 Å². The molecular weight excluding hydrogens is 290 g/mol. The highest BCUT2D eigenvalue weighted by Gasteiger charge is 2.04. The van der Waals surface area contributed by atoms with Gasteiger partial charge in [-0.25, -0.2) is 4.98 Å². The van der Waals surface area contributed by atoms with Crippen LogP contribution in [0.2, 0.25) is 0 Å². The quantitative estimate of drug-likeness (QED) is 0.907. The zero-order valence-corrected chi connectivity index (χ0v) is 12.3. The number of nitrogens with zero attached hydrogens (tertiary/aromatic N) is 2. The third-order valence-corrected chi connectivity index (χ3v) is 3.11. The monoisotopic (exact) mass is 307 g/mol. The fourth-order valence-corrected chi connectivity index (χ4v) is 2.29. The Morgan fingerprint density at radius 1 is 1.39 bits per heavy atom. The summed E-state index contributed by atoms with van der Waals surface area (Å²) in [6.45, 7) is 6.19. The first-order valence-electron chi connectivity index (χ1n) is 6.14. The van der Waals surface area contributed by atoms with E-state index in [0.717, 1.165) is 23.5 Å². The maximum atomic E-state index is 4.35. The molecular formula is C14H18BrN3. The molecule has 2 aromatic rings. The van der Waals surface area contributed by atoms with Crippen LogP contribution in [-0.2, 0) is 13.1 Å². The number of aromatic nitrogens is 2. The first-order chi connectivity index (χ1) is 8.65. The first kappa shape index (κ1) is 13.1. The number of halogens is 1. The molecule has 0 radical (unpaired) electrons. The summed E-state index contributed by atoms with van der Waals surface area (Å²) in [5, 5.41) is 3.37. The maximum absolute atomic E-state index is 4.35. The molecule has 0 unspecified atom stereocenters. The highest BCUT2D eigenvalue weighted by atomic mass is 79.9. The van der Waals surface area contributed by atoms with E-state index in [2.05, 4.69) is 56.8 Å². The molecule has 1 heterocycles. The normalized spacial score (nSPS) is 10.9. The molecule has 0 spiro atoms. The summed E-state index contributed by atoms with van der Waals surface area (Å²) in [7, 11) is 0. The molecule has 96 valence electrons. The van der Waals surface area contributed by atoms with Crippen molar-refractivity contribution in [3.05, 3.63) is 46.7 Å². The van der Waals surface area contributed by atoms with Gasteiger partial charge in [-0.3, -0.25) is 0 Å². The lowest BCUT2D eigenvalue weighted by molar-refractivity contribution is 0.526. The summed E-state index contributed by atoms with van der Waals surface area (Å²) in [5.41, 5.74) is 1.24. The van der Waals surface area contributed by atoms with E-state index in [9.17, 15) is 0 Å². The predicted molar refractivity (Wildman–Crippen MR) is 78.5 cm³/mol. The van der Waals surface area contributed by atoms with Crippen LogP contribution in [0, 0.1) is 5.92 Å². The van der Waals surface area contributed by atoms with Crippen LogP contribution in [0.5, 0.6) is 0 Å². The smallest absolute Gasteiger partial charge is 0.203 e. The molecule has 0 saturated heterocycles. The summed E-state index contributed by atoms with van der Waals surface area (Å²) in [4.78, 5) is 4.35. The zero-order chi connectivity index (χ0) is 13.0. The van der Waals surface area contributed by atoms with Crippen LogP contribution in [-0.4, -0.2) is 9.55 Å². The predicted octanol–water partition coefficient (Wildman–Crippen LogP) is 3.91. The van der Waals surface area contributed by atoms with Gasteiger partial charge >= 0.3 is 0 Å². The Kier molecular flexibility index (Phi) is 4.42. The summed E-state index contributed by atoms with van der Waals surface area (Å²) >= 11 is 3.48. The van der Waals surface area contributed by atoms with Crippen LogP contribution in [0.25, 0.3) is 0 Å². The Labute approximate surface area is 116 Å². The van der Waals surface area contributed by atoms with E-state index in [4.69, 9.17) is 0 Å². The van der Waals surface area contributed by atoms with E-state index < -0.39 is 0 Å². The van der Waals surface area contributed by atoms with Gasteiger partial charge in [0.15, 0.2) is 0 Å². The summed E-state index contributed by atoms with van der Waals surface area (Å²) < 4.78 is 3.26. The van der Waals surface area contributed by atoms with E-state index in [1.54, 1.807) is 0 Å². The molecule has 1 aromatic carbocycles. The number of benzene rings is 1. The van der Waals surface area contributed by atoms with Crippen LogP contribution in [0.3, 0.4) is 0 Å². The second-order valence-electron chi connectivity index (χ2n) is 4.78. The van der Waals surface area contributed by atoms with Crippen molar-refractivity contribution < 1.29 is 0 Å². The Balaban J connectivity index is 2.00. The minimum atomic E-state index is 0.616. The fourth-order valence-electron chi connectivity index (χ4n) is 1.85. The van der Waals surface area contributed by atoms with Crippen LogP contribution < -0.4 is 5.32 Å². The minimum Gasteiger partial charge on any atom is -0.352 e. The topological polar surface area (TPSA) is 29.9 Å². The largest absolute Gasteiger partial charge is 0.352 e. The van der Waals surface area contributed by atoms with Crippen LogP contribution >= 0.6 is 15.9 Å². The third kappa shape index (κ3) is 3.60. The lowest BCUT2D eigenvalue weighted by Gasteiger charge is -2.11. The van der Waals surface area contributed by atoms with Crippen molar-refractivity contribution in [2.75, 3.05) is 5.32 Å². The summed E-state index contributed by atoms with van der Waals surface area (Å²) in [6, 6.07) is 8.29. The number of hydrogen-bond acceptors (Lipinski definition) is 2. The molecule has 1 N–H and O–H groups in total. The maximum Gasteiger partial charge on any atom is 0.203 e. The molecule has 0 saturated carbocycles. The molecule has 18 heavy (non-hydrogen) atoms. The van der Waals surface area contributed by atoms with Crippen LogP contribution in [0.4, 0.5) is 5.95 Å². The van der Waals surface area contributed by atoms with Crippen molar-refractivity contribution in [3.63, 3.8) is 0 Å². The Morgan fingerprint density at radius 2 is 2.22 bits per heavy atom. The molecule has 4 heteroatoms. The van der Waals surface area contributed by atoms with E-state index >= 15 is 0 Å². The van der Waals surface area contributed by atoms with Crippen LogP contribution in [0.1, 0.15) is 19.4 Å². The highest BCUT2D eigenvalue weighted by molar-refractivity contribution is 9.10. The number of anilines is 1. The number of imidazole rings is 1. The van der Waals surface area contributed by atoms with Gasteiger partial charge in [0.25, 0.3) is 0 Å². The van der Waals surface area contributed by atoms with Crippen molar-refractivity contribution in [2.24, 2.45) is 5.92 Å². The van der Waals surface area contributed by atoms with Gasteiger partial charge in [0.2, 0.25) is 5.95 Å². The van der Waals surface area contributed by atoms with Gasteiger partial charge in [0, 0.05) is 30.0 Å². The van der Waals surface area contributed by atoms with Crippen LogP contribution in [0.15, 0.2) is 41.1 Å².